The number of ether oxygens (including phenoxy) is 3. The van der Waals surface area contributed by atoms with Crippen LogP contribution in [0.15, 0.2) is 48.5 Å². The van der Waals surface area contributed by atoms with Crippen LogP contribution in [0.5, 0.6) is 11.5 Å². The van der Waals surface area contributed by atoms with E-state index in [0.717, 1.165) is 0 Å². The maximum absolute atomic E-state index is 12.1. The molecule has 0 radical (unpaired) electrons. The van der Waals surface area contributed by atoms with Crippen molar-refractivity contribution in [2.24, 2.45) is 0 Å². The molecule has 10 nitrogen and oxygen atoms in total. The average molecular weight is 396 g/mol. The second-order valence-corrected chi connectivity index (χ2v) is 6.10. The first kappa shape index (κ1) is 18.3. The van der Waals surface area contributed by atoms with Crippen LogP contribution in [0.25, 0.3) is 10.9 Å². The number of nitrogens with zero attached hydrogens (tertiary/aromatic N) is 1. The van der Waals surface area contributed by atoms with Crippen molar-refractivity contribution >= 4 is 28.7 Å². The topological polar surface area (TPSA) is 132 Å². The Kier molecular flexibility index (Phi) is 4.97. The number of benzene rings is 2. The summed E-state index contributed by atoms with van der Waals surface area (Å²) < 4.78 is 15.9. The first-order valence-corrected chi connectivity index (χ1v) is 8.69. The molecule has 3 N–H and O–H groups in total. The third-order valence-electron chi connectivity index (χ3n) is 4.12. The minimum atomic E-state index is -0.928. The SMILES string of the molecule is O=C(COC(=O)c1n[nH]c2ccccc12)NNC(=O)C1COc2ccccc2O1. The Labute approximate surface area is 164 Å². The van der Waals surface area contributed by atoms with Crippen molar-refractivity contribution in [2.45, 2.75) is 6.10 Å². The van der Waals surface area contributed by atoms with Crippen molar-refractivity contribution in [1.29, 1.82) is 0 Å². The Morgan fingerprint density at radius 1 is 1.07 bits per heavy atom. The number of amides is 2. The number of carbonyl (C=O) groups is 3. The Hall–Kier alpha value is -4.08. The fourth-order valence-electron chi connectivity index (χ4n) is 2.72. The number of aromatic nitrogens is 2. The molecule has 3 aromatic rings. The number of esters is 1. The summed E-state index contributed by atoms with van der Waals surface area (Å²) in [5.74, 6) is -1.10. The van der Waals surface area contributed by atoms with Gasteiger partial charge in [-0.25, -0.2) is 4.79 Å². The van der Waals surface area contributed by atoms with Crippen molar-refractivity contribution in [1.82, 2.24) is 21.0 Å². The minimum absolute atomic E-state index is 0.0000633. The lowest BCUT2D eigenvalue weighted by atomic mass is 10.2. The van der Waals surface area contributed by atoms with Crippen molar-refractivity contribution in [3.8, 4) is 11.5 Å². The molecule has 0 saturated heterocycles. The highest BCUT2D eigenvalue weighted by Gasteiger charge is 2.27. The Bertz CT molecular complexity index is 1080. The molecule has 1 unspecified atom stereocenters. The lowest BCUT2D eigenvalue weighted by Crippen LogP contribution is -2.51. The molecule has 0 aliphatic carbocycles. The number of para-hydroxylation sites is 3. The van der Waals surface area contributed by atoms with Gasteiger partial charge in [-0.3, -0.25) is 25.5 Å². The van der Waals surface area contributed by atoms with E-state index in [0.29, 0.717) is 22.4 Å². The molecule has 2 aromatic carbocycles. The smallest absolute Gasteiger partial charge is 0.359 e. The van der Waals surface area contributed by atoms with Gasteiger partial charge in [-0.1, -0.05) is 30.3 Å². The molecule has 0 bridgehead atoms. The summed E-state index contributed by atoms with van der Waals surface area (Å²) in [6, 6.07) is 14.0. The van der Waals surface area contributed by atoms with Gasteiger partial charge in [0, 0.05) is 5.39 Å². The lowest BCUT2D eigenvalue weighted by molar-refractivity contribution is -0.135. The van der Waals surface area contributed by atoms with E-state index in [2.05, 4.69) is 21.0 Å². The molecular formula is C19H16N4O6. The first-order valence-electron chi connectivity index (χ1n) is 8.69. The summed E-state index contributed by atoms with van der Waals surface area (Å²) in [6.07, 6.45) is -0.928. The predicted octanol–water partition coefficient (Wildman–Crippen LogP) is 0.707. The normalized spacial score (nSPS) is 14.8. The molecule has 1 aliphatic rings. The third-order valence-corrected chi connectivity index (χ3v) is 4.12. The van der Waals surface area contributed by atoms with E-state index in [-0.39, 0.29) is 12.3 Å². The van der Waals surface area contributed by atoms with Crippen molar-refractivity contribution < 1.29 is 28.6 Å². The second-order valence-electron chi connectivity index (χ2n) is 6.10. The summed E-state index contributed by atoms with van der Waals surface area (Å²) in [4.78, 5) is 36.1. The second kappa shape index (κ2) is 7.89. The number of fused-ring (bicyclic) bond motifs is 2. The van der Waals surface area contributed by atoms with Gasteiger partial charge in [0.25, 0.3) is 11.8 Å². The van der Waals surface area contributed by atoms with E-state index < -0.39 is 30.5 Å². The van der Waals surface area contributed by atoms with Gasteiger partial charge in [0.1, 0.15) is 6.61 Å². The molecule has 1 atom stereocenters. The first-order chi connectivity index (χ1) is 14.1. The fourth-order valence-corrected chi connectivity index (χ4v) is 2.72. The van der Waals surface area contributed by atoms with E-state index in [1.54, 1.807) is 48.5 Å². The van der Waals surface area contributed by atoms with Crippen LogP contribution in [0.1, 0.15) is 10.5 Å². The molecule has 0 spiro atoms. The number of hydrazine groups is 1. The molecule has 1 aliphatic heterocycles. The van der Waals surface area contributed by atoms with Crippen LogP contribution in [0, 0.1) is 0 Å². The molecular weight excluding hydrogens is 380 g/mol. The number of nitrogens with one attached hydrogen (secondary N) is 3. The summed E-state index contributed by atoms with van der Waals surface area (Å²) in [5.41, 5.74) is 5.12. The molecule has 0 fully saturated rings. The number of carbonyl (C=O) groups excluding carboxylic acids is 3. The van der Waals surface area contributed by atoms with Crippen LogP contribution >= 0.6 is 0 Å². The number of aromatic amines is 1. The summed E-state index contributed by atoms with van der Waals surface area (Å²) in [6.45, 7) is -0.592. The van der Waals surface area contributed by atoms with Gasteiger partial charge < -0.3 is 14.2 Å². The predicted molar refractivity (Wildman–Crippen MR) is 99.0 cm³/mol. The van der Waals surface area contributed by atoms with E-state index >= 15 is 0 Å². The number of hydrogen-bond donors (Lipinski definition) is 3. The third kappa shape index (κ3) is 3.95. The van der Waals surface area contributed by atoms with Crippen LogP contribution in [0.3, 0.4) is 0 Å². The maximum Gasteiger partial charge on any atom is 0.359 e. The van der Waals surface area contributed by atoms with Crippen LogP contribution in [-0.2, 0) is 14.3 Å². The fraction of sp³-hybridized carbons (Fsp3) is 0.158. The van der Waals surface area contributed by atoms with Crippen LogP contribution in [0.4, 0.5) is 0 Å². The summed E-state index contributed by atoms with van der Waals surface area (Å²) >= 11 is 0. The van der Waals surface area contributed by atoms with Crippen LogP contribution in [0.2, 0.25) is 0 Å². The Morgan fingerprint density at radius 2 is 1.83 bits per heavy atom. The van der Waals surface area contributed by atoms with Crippen LogP contribution < -0.4 is 20.3 Å². The zero-order chi connectivity index (χ0) is 20.2. The molecule has 2 amide bonds. The molecule has 0 saturated carbocycles. The molecule has 4 rings (SSSR count). The lowest BCUT2D eigenvalue weighted by Gasteiger charge is -2.25. The van der Waals surface area contributed by atoms with Gasteiger partial charge >= 0.3 is 5.97 Å². The summed E-state index contributed by atoms with van der Waals surface area (Å²) in [5, 5.41) is 7.19. The number of hydrogen-bond acceptors (Lipinski definition) is 7. The Balaban J connectivity index is 1.25. The largest absolute Gasteiger partial charge is 0.485 e. The zero-order valence-electron chi connectivity index (χ0n) is 15.0. The molecule has 148 valence electrons. The molecule has 2 heterocycles. The van der Waals surface area contributed by atoms with E-state index in [4.69, 9.17) is 14.2 Å². The van der Waals surface area contributed by atoms with Gasteiger partial charge in [-0.2, -0.15) is 5.10 Å². The summed E-state index contributed by atoms with van der Waals surface area (Å²) in [7, 11) is 0. The number of H-pyrrole nitrogens is 1. The van der Waals surface area contributed by atoms with Gasteiger partial charge in [-0.05, 0) is 18.2 Å². The van der Waals surface area contributed by atoms with Gasteiger partial charge in [0.15, 0.2) is 23.8 Å². The van der Waals surface area contributed by atoms with Crippen molar-refractivity contribution in [3.63, 3.8) is 0 Å². The van der Waals surface area contributed by atoms with Crippen molar-refractivity contribution in [3.05, 3.63) is 54.2 Å². The average Bonchev–Trinajstić information content (AvgIpc) is 3.19. The van der Waals surface area contributed by atoms with E-state index in [1.807, 2.05) is 0 Å². The van der Waals surface area contributed by atoms with E-state index in [1.165, 1.54) is 0 Å². The molecule has 10 heteroatoms. The quantitative estimate of drug-likeness (QED) is 0.437. The van der Waals surface area contributed by atoms with Crippen LogP contribution in [-0.4, -0.2) is 47.3 Å². The van der Waals surface area contributed by atoms with Crippen molar-refractivity contribution in [2.75, 3.05) is 13.2 Å². The van der Waals surface area contributed by atoms with E-state index in [9.17, 15) is 14.4 Å². The van der Waals surface area contributed by atoms with Gasteiger partial charge in [-0.15, -0.1) is 0 Å². The highest BCUT2D eigenvalue weighted by atomic mass is 16.6. The molecule has 1 aromatic heterocycles. The minimum Gasteiger partial charge on any atom is -0.485 e. The van der Waals surface area contributed by atoms with Gasteiger partial charge in [0.05, 0.1) is 5.52 Å². The monoisotopic (exact) mass is 396 g/mol. The zero-order valence-corrected chi connectivity index (χ0v) is 15.0. The highest BCUT2D eigenvalue weighted by Crippen LogP contribution is 2.30. The molecule has 29 heavy (non-hydrogen) atoms. The standard InChI is InChI=1S/C19H16N4O6/c24-16(10-28-19(26)17-11-5-1-2-6-12(11)20-22-17)21-23-18(25)15-9-27-13-7-3-4-8-14(13)29-15/h1-8,15H,9-10H2,(H,20,22)(H,21,24)(H,23,25). The highest BCUT2D eigenvalue weighted by molar-refractivity contribution is 6.02. The number of rotatable bonds is 4. The maximum atomic E-state index is 12.1. The Morgan fingerprint density at radius 3 is 2.69 bits per heavy atom. The van der Waals surface area contributed by atoms with Gasteiger partial charge in [0.2, 0.25) is 6.10 Å².